The average molecular weight is 298 g/mol. The molecule has 0 aliphatic carbocycles. The maximum absolute atomic E-state index is 6.12. The van der Waals surface area contributed by atoms with Crippen LogP contribution >= 0.6 is 23.4 Å². The zero-order valence-corrected chi connectivity index (χ0v) is 13.3. The van der Waals surface area contributed by atoms with Gasteiger partial charge in [0.05, 0.1) is 0 Å². The van der Waals surface area contributed by atoms with Crippen LogP contribution in [0.15, 0.2) is 23.1 Å². The van der Waals surface area contributed by atoms with Crippen LogP contribution < -0.4 is 5.32 Å². The van der Waals surface area contributed by atoms with Crippen LogP contribution in [-0.2, 0) is 0 Å². The lowest BCUT2D eigenvalue weighted by atomic mass is 10.0. The van der Waals surface area contributed by atoms with Gasteiger partial charge in [0.25, 0.3) is 0 Å². The van der Waals surface area contributed by atoms with Gasteiger partial charge in [0.1, 0.15) is 0 Å². The molecular formula is C16H24ClNS. The molecule has 0 radical (unpaired) electrons. The van der Waals surface area contributed by atoms with E-state index in [1.807, 2.05) is 17.8 Å². The molecule has 2 rings (SSSR count). The van der Waals surface area contributed by atoms with Crippen LogP contribution in [0.5, 0.6) is 0 Å². The van der Waals surface area contributed by atoms with Crippen LogP contribution in [0.3, 0.4) is 0 Å². The number of fused-ring (bicyclic) bond motifs is 1. The summed E-state index contributed by atoms with van der Waals surface area (Å²) < 4.78 is 0. The number of nitrogens with one attached hydrogen (secondary N) is 1. The Hall–Kier alpha value is -0.180. The highest BCUT2D eigenvalue weighted by Gasteiger charge is 2.20. The van der Waals surface area contributed by atoms with E-state index < -0.39 is 0 Å². The lowest BCUT2D eigenvalue weighted by Crippen LogP contribution is -2.25. The van der Waals surface area contributed by atoms with Crippen molar-refractivity contribution in [3.63, 3.8) is 0 Å². The SMILES string of the molecule is CCCCCCCNC1CCSc2ccc(Cl)cc21. The Morgan fingerprint density at radius 3 is 2.95 bits per heavy atom. The summed E-state index contributed by atoms with van der Waals surface area (Å²) in [6.45, 7) is 3.39. The minimum Gasteiger partial charge on any atom is -0.310 e. The Bertz CT molecular complexity index is 394. The molecule has 0 saturated carbocycles. The van der Waals surface area contributed by atoms with Crippen LogP contribution in [0, 0.1) is 0 Å². The molecule has 106 valence electrons. The molecule has 0 bridgehead atoms. The highest BCUT2D eigenvalue weighted by atomic mass is 35.5. The summed E-state index contributed by atoms with van der Waals surface area (Å²) >= 11 is 8.08. The molecule has 1 aliphatic heterocycles. The van der Waals surface area contributed by atoms with Crippen LogP contribution in [0.2, 0.25) is 5.02 Å². The van der Waals surface area contributed by atoms with Crippen molar-refractivity contribution in [3.05, 3.63) is 28.8 Å². The van der Waals surface area contributed by atoms with Gasteiger partial charge in [-0.25, -0.2) is 0 Å². The van der Waals surface area contributed by atoms with Gasteiger partial charge in [-0.2, -0.15) is 0 Å². The predicted molar refractivity (Wildman–Crippen MR) is 86.3 cm³/mol. The third kappa shape index (κ3) is 4.70. The van der Waals surface area contributed by atoms with Gasteiger partial charge >= 0.3 is 0 Å². The highest BCUT2D eigenvalue weighted by Crippen LogP contribution is 2.37. The van der Waals surface area contributed by atoms with Crippen molar-refractivity contribution in [2.75, 3.05) is 12.3 Å². The molecule has 0 spiro atoms. The fourth-order valence-corrected chi connectivity index (χ4v) is 3.87. The lowest BCUT2D eigenvalue weighted by molar-refractivity contribution is 0.488. The van der Waals surface area contributed by atoms with E-state index in [0.717, 1.165) is 11.6 Å². The minimum atomic E-state index is 0.501. The van der Waals surface area contributed by atoms with Crippen molar-refractivity contribution in [2.45, 2.75) is 56.4 Å². The van der Waals surface area contributed by atoms with Gasteiger partial charge in [0.15, 0.2) is 0 Å². The first-order chi connectivity index (χ1) is 9.31. The Kier molecular flexibility index (Phi) is 6.55. The fourth-order valence-electron chi connectivity index (χ4n) is 2.58. The molecular weight excluding hydrogens is 274 g/mol. The van der Waals surface area contributed by atoms with E-state index in [0.29, 0.717) is 6.04 Å². The molecule has 1 aromatic rings. The number of halogens is 1. The molecule has 0 amide bonds. The monoisotopic (exact) mass is 297 g/mol. The van der Waals surface area contributed by atoms with Gasteiger partial charge in [-0.15, -0.1) is 11.8 Å². The number of unbranched alkanes of at least 4 members (excludes halogenated alkanes) is 4. The molecule has 1 atom stereocenters. The second-order valence-corrected chi connectivity index (χ2v) is 6.81. The first kappa shape index (κ1) is 15.2. The van der Waals surface area contributed by atoms with Crippen LogP contribution in [0.25, 0.3) is 0 Å². The van der Waals surface area contributed by atoms with E-state index in [2.05, 4.69) is 24.4 Å². The van der Waals surface area contributed by atoms with Crippen molar-refractivity contribution in [1.82, 2.24) is 5.32 Å². The molecule has 0 aromatic heterocycles. The molecule has 1 nitrogen and oxygen atoms in total. The van der Waals surface area contributed by atoms with Crippen LogP contribution in [0.1, 0.15) is 57.1 Å². The summed E-state index contributed by atoms with van der Waals surface area (Å²) in [5, 5.41) is 4.57. The number of rotatable bonds is 7. The lowest BCUT2D eigenvalue weighted by Gasteiger charge is -2.26. The highest BCUT2D eigenvalue weighted by molar-refractivity contribution is 7.99. The van der Waals surface area contributed by atoms with Crippen molar-refractivity contribution >= 4 is 23.4 Å². The predicted octanol–water partition coefficient (Wildman–Crippen LogP) is 5.44. The van der Waals surface area contributed by atoms with Crippen LogP contribution in [-0.4, -0.2) is 12.3 Å². The Balaban J connectivity index is 1.80. The zero-order chi connectivity index (χ0) is 13.5. The van der Waals surface area contributed by atoms with Crippen molar-refractivity contribution in [2.24, 2.45) is 0 Å². The molecule has 1 heterocycles. The van der Waals surface area contributed by atoms with Gasteiger partial charge in [-0.3, -0.25) is 0 Å². The first-order valence-electron chi connectivity index (χ1n) is 7.47. The van der Waals surface area contributed by atoms with Crippen molar-refractivity contribution in [3.8, 4) is 0 Å². The van der Waals surface area contributed by atoms with Crippen molar-refractivity contribution in [1.29, 1.82) is 0 Å². The number of hydrogen-bond acceptors (Lipinski definition) is 2. The van der Waals surface area contributed by atoms with Gasteiger partial charge in [-0.05, 0) is 48.9 Å². The molecule has 19 heavy (non-hydrogen) atoms. The Morgan fingerprint density at radius 2 is 2.11 bits per heavy atom. The third-order valence-electron chi connectivity index (χ3n) is 3.68. The number of hydrogen-bond donors (Lipinski definition) is 1. The van der Waals surface area contributed by atoms with E-state index in [4.69, 9.17) is 11.6 Å². The summed E-state index contributed by atoms with van der Waals surface area (Å²) in [5.41, 5.74) is 1.40. The first-order valence-corrected chi connectivity index (χ1v) is 8.83. The van der Waals surface area contributed by atoms with E-state index in [1.165, 1.54) is 54.7 Å². The normalized spacial score (nSPS) is 18.3. The maximum atomic E-state index is 6.12. The van der Waals surface area contributed by atoms with E-state index in [-0.39, 0.29) is 0 Å². The summed E-state index contributed by atoms with van der Waals surface area (Å²) in [5.74, 6) is 1.21. The third-order valence-corrected chi connectivity index (χ3v) is 5.04. The van der Waals surface area contributed by atoms with E-state index in [9.17, 15) is 0 Å². The number of thioether (sulfide) groups is 1. The van der Waals surface area contributed by atoms with Gasteiger partial charge < -0.3 is 5.32 Å². The van der Waals surface area contributed by atoms with Crippen molar-refractivity contribution < 1.29 is 0 Å². The van der Waals surface area contributed by atoms with Gasteiger partial charge in [-0.1, -0.05) is 44.2 Å². The molecule has 1 aliphatic rings. The topological polar surface area (TPSA) is 12.0 Å². The fraction of sp³-hybridized carbons (Fsp3) is 0.625. The van der Waals surface area contributed by atoms with Gasteiger partial charge in [0, 0.05) is 16.0 Å². The largest absolute Gasteiger partial charge is 0.310 e. The summed E-state index contributed by atoms with van der Waals surface area (Å²) in [4.78, 5) is 1.40. The maximum Gasteiger partial charge on any atom is 0.0410 e. The minimum absolute atomic E-state index is 0.501. The van der Waals surface area contributed by atoms with Gasteiger partial charge in [0.2, 0.25) is 0 Å². The molecule has 1 unspecified atom stereocenters. The standard InChI is InChI=1S/C16H24ClNS/c1-2-3-4-5-6-10-18-15-9-11-19-16-8-7-13(17)12-14(15)16/h7-8,12,15,18H,2-6,9-11H2,1H3. The van der Waals surface area contributed by atoms with E-state index >= 15 is 0 Å². The average Bonchev–Trinajstić information content (AvgIpc) is 2.43. The zero-order valence-electron chi connectivity index (χ0n) is 11.8. The second-order valence-electron chi connectivity index (χ2n) is 5.24. The van der Waals surface area contributed by atoms with Crippen LogP contribution in [0.4, 0.5) is 0 Å². The molecule has 0 fully saturated rings. The molecule has 1 aromatic carbocycles. The van der Waals surface area contributed by atoms with E-state index in [1.54, 1.807) is 0 Å². The second kappa shape index (κ2) is 8.18. The summed E-state index contributed by atoms with van der Waals surface area (Å²) in [7, 11) is 0. The molecule has 1 N–H and O–H groups in total. The summed E-state index contributed by atoms with van der Waals surface area (Å²) in [6, 6.07) is 6.80. The number of benzene rings is 1. The Morgan fingerprint density at radius 1 is 1.26 bits per heavy atom. The molecule has 3 heteroatoms. The smallest absolute Gasteiger partial charge is 0.0410 e. The summed E-state index contributed by atoms with van der Waals surface area (Å²) in [6.07, 6.45) is 7.93. The quantitative estimate of drug-likeness (QED) is 0.673. The Labute approximate surface area is 126 Å². The molecule has 0 saturated heterocycles.